The molecule has 1 unspecified atom stereocenters. The number of carbonyl (C=O) groups is 1. The van der Waals surface area contributed by atoms with Crippen molar-refractivity contribution in [2.24, 2.45) is 5.92 Å². The molecule has 1 saturated heterocycles. The van der Waals surface area contributed by atoms with Crippen LogP contribution in [0.15, 0.2) is 18.2 Å². The Kier molecular flexibility index (Phi) is 2.30. The lowest BCUT2D eigenvalue weighted by Gasteiger charge is -2.20. The third-order valence-corrected chi connectivity index (χ3v) is 4.15. The second kappa shape index (κ2) is 3.67. The minimum atomic E-state index is -1.20. The highest BCUT2D eigenvalue weighted by Gasteiger charge is 2.68. The van der Waals surface area contributed by atoms with E-state index in [1.54, 1.807) is 0 Å². The largest absolute Gasteiger partial charge is 0.465 e. The molecule has 3 atom stereocenters. The van der Waals surface area contributed by atoms with Crippen LogP contribution in [0.3, 0.4) is 0 Å². The number of hydrogen-bond donors (Lipinski definition) is 1. The van der Waals surface area contributed by atoms with Gasteiger partial charge in [0.05, 0.1) is 6.07 Å². The molecule has 98 valence electrons. The van der Waals surface area contributed by atoms with E-state index in [1.807, 2.05) is 6.07 Å². The number of nitrogens with zero attached hydrogens (tertiary/aromatic N) is 2. The molecule has 1 saturated carbocycles. The van der Waals surface area contributed by atoms with Crippen LogP contribution >= 0.6 is 0 Å². The molecule has 1 aromatic carbocycles. The van der Waals surface area contributed by atoms with Crippen LogP contribution in [0.2, 0.25) is 0 Å². The summed E-state index contributed by atoms with van der Waals surface area (Å²) in [7, 11) is 0. The first-order chi connectivity index (χ1) is 8.99. The van der Waals surface area contributed by atoms with Gasteiger partial charge in [0.1, 0.15) is 17.7 Å². The van der Waals surface area contributed by atoms with E-state index in [1.165, 1.54) is 0 Å². The molecular weight excluding hydrogens is 254 g/mol. The fraction of sp³-hybridized carbons (Fsp3) is 0.385. The molecule has 0 radical (unpaired) electrons. The molecule has 3 rings (SSSR count). The Morgan fingerprint density at radius 1 is 1.53 bits per heavy atom. The van der Waals surface area contributed by atoms with Gasteiger partial charge in [-0.1, -0.05) is 0 Å². The van der Waals surface area contributed by atoms with Crippen LogP contribution in [-0.2, 0) is 5.41 Å². The first-order valence-corrected chi connectivity index (χ1v) is 5.84. The Balaban J connectivity index is 2.02. The van der Waals surface area contributed by atoms with Gasteiger partial charge in [-0.25, -0.2) is 13.6 Å². The normalized spacial score (nSPS) is 31.7. The Morgan fingerprint density at radius 2 is 2.26 bits per heavy atom. The average Bonchev–Trinajstić information content (AvgIpc) is 2.99. The van der Waals surface area contributed by atoms with Gasteiger partial charge in [-0.3, -0.25) is 4.90 Å². The SMILES string of the molecule is N#CC1[C@@H]2C[C@]2(c2cc(F)ccc2F)CN1C(=O)O. The zero-order valence-electron chi connectivity index (χ0n) is 9.81. The summed E-state index contributed by atoms with van der Waals surface area (Å²) in [5.74, 6) is -1.35. The van der Waals surface area contributed by atoms with Crippen molar-refractivity contribution in [1.29, 1.82) is 5.26 Å². The van der Waals surface area contributed by atoms with Gasteiger partial charge in [0, 0.05) is 17.9 Å². The van der Waals surface area contributed by atoms with Crippen LogP contribution in [0.4, 0.5) is 13.6 Å². The number of carboxylic acid groups (broad SMARTS) is 1. The van der Waals surface area contributed by atoms with E-state index in [0.29, 0.717) is 6.42 Å². The molecule has 19 heavy (non-hydrogen) atoms. The van der Waals surface area contributed by atoms with Gasteiger partial charge >= 0.3 is 6.09 Å². The van der Waals surface area contributed by atoms with E-state index in [-0.39, 0.29) is 18.0 Å². The minimum absolute atomic E-state index is 0.0472. The molecule has 1 amide bonds. The van der Waals surface area contributed by atoms with Crippen molar-refractivity contribution in [3.05, 3.63) is 35.4 Å². The molecule has 1 heterocycles. The first kappa shape index (κ1) is 11.9. The number of rotatable bonds is 1. The quantitative estimate of drug-likeness (QED) is 0.844. The number of amides is 1. The van der Waals surface area contributed by atoms with Crippen LogP contribution in [0.5, 0.6) is 0 Å². The lowest BCUT2D eigenvalue weighted by atomic mass is 9.93. The zero-order chi connectivity index (χ0) is 13.8. The smallest absolute Gasteiger partial charge is 0.408 e. The van der Waals surface area contributed by atoms with Crippen molar-refractivity contribution < 1.29 is 18.7 Å². The number of fused-ring (bicyclic) bond motifs is 1. The molecule has 6 heteroatoms. The van der Waals surface area contributed by atoms with Crippen molar-refractivity contribution in [2.75, 3.05) is 6.54 Å². The molecular formula is C13H10F2N2O2. The molecule has 1 N–H and O–H groups in total. The molecule has 0 aromatic heterocycles. The van der Waals surface area contributed by atoms with Crippen LogP contribution in [0.1, 0.15) is 12.0 Å². The minimum Gasteiger partial charge on any atom is -0.465 e. The Labute approximate surface area is 107 Å². The standard InChI is InChI=1S/C13H10F2N2O2/c14-7-1-2-10(15)8(3-7)13-4-9(13)11(5-16)17(6-13)12(18)19/h1-3,9,11H,4,6H2,(H,18,19)/t9-,11?,13+/m0/s1. The Hall–Kier alpha value is -2.16. The van der Waals surface area contributed by atoms with Crippen LogP contribution in [-0.4, -0.2) is 28.7 Å². The Morgan fingerprint density at radius 3 is 2.84 bits per heavy atom. The summed E-state index contributed by atoms with van der Waals surface area (Å²) in [6.07, 6.45) is -0.676. The van der Waals surface area contributed by atoms with E-state index in [2.05, 4.69) is 0 Å². The van der Waals surface area contributed by atoms with Gasteiger partial charge in [-0.2, -0.15) is 5.26 Å². The molecule has 1 aliphatic carbocycles. The monoisotopic (exact) mass is 264 g/mol. The summed E-state index contributed by atoms with van der Waals surface area (Å²) >= 11 is 0. The number of benzene rings is 1. The van der Waals surface area contributed by atoms with Crippen molar-refractivity contribution in [1.82, 2.24) is 4.90 Å². The summed E-state index contributed by atoms with van der Waals surface area (Å²) in [5.41, 5.74) is -0.549. The number of halogens is 2. The summed E-state index contributed by atoms with van der Waals surface area (Å²) in [6.45, 7) is 0.0472. The maximum absolute atomic E-state index is 13.8. The highest BCUT2D eigenvalue weighted by atomic mass is 19.1. The summed E-state index contributed by atoms with van der Waals surface area (Å²) in [5, 5.41) is 18.1. The third kappa shape index (κ3) is 1.51. The fourth-order valence-electron chi connectivity index (χ4n) is 3.17. The first-order valence-electron chi connectivity index (χ1n) is 5.84. The van der Waals surface area contributed by atoms with Gasteiger partial charge in [0.2, 0.25) is 0 Å². The molecule has 2 fully saturated rings. The number of nitriles is 1. The summed E-state index contributed by atoms with van der Waals surface area (Å²) in [6, 6.07) is 4.34. The van der Waals surface area contributed by atoms with Crippen molar-refractivity contribution in [3.8, 4) is 6.07 Å². The molecule has 1 aromatic rings. The summed E-state index contributed by atoms with van der Waals surface area (Å²) in [4.78, 5) is 12.1. The highest BCUT2D eigenvalue weighted by molar-refractivity contribution is 5.68. The molecule has 2 aliphatic rings. The maximum Gasteiger partial charge on any atom is 0.408 e. The van der Waals surface area contributed by atoms with E-state index >= 15 is 0 Å². The predicted molar refractivity (Wildman–Crippen MR) is 60.3 cm³/mol. The van der Waals surface area contributed by atoms with Gasteiger partial charge in [0.15, 0.2) is 0 Å². The van der Waals surface area contributed by atoms with Crippen molar-refractivity contribution in [2.45, 2.75) is 17.9 Å². The lowest BCUT2D eigenvalue weighted by molar-refractivity contribution is 0.140. The van der Waals surface area contributed by atoms with Gasteiger partial charge in [-0.15, -0.1) is 0 Å². The predicted octanol–water partition coefficient (Wildman–Crippen LogP) is 2.11. The van der Waals surface area contributed by atoms with Gasteiger partial charge in [-0.05, 0) is 30.2 Å². The average molecular weight is 264 g/mol. The van der Waals surface area contributed by atoms with Crippen LogP contribution < -0.4 is 0 Å². The van der Waals surface area contributed by atoms with Crippen molar-refractivity contribution >= 4 is 6.09 Å². The second-order valence-corrected chi connectivity index (χ2v) is 5.08. The Bertz CT molecular complexity index is 613. The van der Waals surface area contributed by atoms with Crippen molar-refractivity contribution in [3.63, 3.8) is 0 Å². The molecule has 1 aliphatic heterocycles. The fourth-order valence-corrected chi connectivity index (χ4v) is 3.17. The third-order valence-electron chi connectivity index (χ3n) is 4.15. The zero-order valence-corrected chi connectivity index (χ0v) is 9.81. The van der Waals surface area contributed by atoms with Gasteiger partial charge < -0.3 is 5.11 Å². The molecule has 4 nitrogen and oxygen atoms in total. The number of likely N-dealkylation sites (tertiary alicyclic amines) is 1. The van der Waals surface area contributed by atoms with Crippen LogP contribution in [0, 0.1) is 28.9 Å². The van der Waals surface area contributed by atoms with Crippen LogP contribution in [0.25, 0.3) is 0 Å². The van der Waals surface area contributed by atoms with E-state index < -0.39 is 29.2 Å². The van der Waals surface area contributed by atoms with E-state index in [4.69, 9.17) is 10.4 Å². The number of piperidine rings is 1. The second-order valence-electron chi connectivity index (χ2n) is 5.08. The lowest BCUT2D eigenvalue weighted by Crippen LogP contribution is -2.37. The highest BCUT2D eigenvalue weighted by Crippen LogP contribution is 2.62. The summed E-state index contributed by atoms with van der Waals surface area (Å²) < 4.78 is 27.1. The molecule has 0 spiro atoms. The molecule has 0 bridgehead atoms. The topological polar surface area (TPSA) is 64.3 Å². The van der Waals surface area contributed by atoms with Gasteiger partial charge in [0.25, 0.3) is 0 Å². The number of hydrogen-bond acceptors (Lipinski definition) is 2. The van der Waals surface area contributed by atoms with E-state index in [0.717, 1.165) is 23.1 Å². The van der Waals surface area contributed by atoms with E-state index in [9.17, 15) is 13.6 Å². The maximum atomic E-state index is 13.8.